The second kappa shape index (κ2) is 5.06. The van der Waals surface area contributed by atoms with Crippen LogP contribution in [0.3, 0.4) is 0 Å². The van der Waals surface area contributed by atoms with Crippen molar-refractivity contribution in [2.45, 2.75) is 25.8 Å². The first-order valence-corrected chi connectivity index (χ1v) is 3.21. The predicted octanol–water partition coefficient (Wildman–Crippen LogP) is 0.333. The van der Waals surface area contributed by atoms with Crippen LogP contribution >= 0.6 is 0 Å². The van der Waals surface area contributed by atoms with Gasteiger partial charge in [-0.3, -0.25) is 0 Å². The van der Waals surface area contributed by atoms with Crippen LogP contribution in [0.2, 0.25) is 0 Å². The first-order chi connectivity index (χ1) is 3.81. The molecule has 0 fully saturated rings. The smallest absolute Gasteiger partial charge is 0.00482 e. The van der Waals surface area contributed by atoms with Gasteiger partial charge in [-0.1, -0.05) is 6.92 Å². The molecule has 0 radical (unpaired) electrons. The van der Waals surface area contributed by atoms with Crippen LogP contribution in [-0.4, -0.2) is 19.6 Å². The lowest BCUT2D eigenvalue weighted by molar-refractivity contribution is 0.573. The molecule has 0 bridgehead atoms. The van der Waals surface area contributed by atoms with Crippen molar-refractivity contribution in [1.29, 1.82) is 0 Å². The summed E-state index contributed by atoms with van der Waals surface area (Å²) in [5, 5.41) is 3.05. The van der Waals surface area contributed by atoms with Crippen molar-refractivity contribution in [1.82, 2.24) is 5.32 Å². The van der Waals surface area contributed by atoms with Gasteiger partial charge in [0.25, 0.3) is 0 Å². The average molecular weight is 116 g/mol. The summed E-state index contributed by atoms with van der Waals surface area (Å²) in [6.45, 7) is 3.15. The van der Waals surface area contributed by atoms with E-state index in [1.807, 2.05) is 7.05 Å². The minimum atomic E-state index is 0.391. The van der Waals surface area contributed by atoms with Crippen molar-refractivity contribution in [3.05, 3.63) is 0 Å². The maximum Gasteiger partial charge on any atom is 0.00482 e. The van der Waals surface area contributed by atoms with Crippen LogP contribution in [0.25, 0.3) is 0 Å². The van der Waals surface area contributed by atoms with Crippen LogP contribution in [0, 0.1) is 0 Å². The van der Waals surface area contributed by atoms with E-state index in [2.05, 4.69) is 12.2 Å². The van der Waals surface area contributed by atoms with Crippen LogP contribution in [0.4, 0.5) is 0 Å². The Hall–Kier alpha value is -0.0800. The van der Waals surface area contributed by atoms with Crippen LogP contribution in [0.15, 0.2) is 0 Å². The predicted molar refractivity (Wildman–Crippen MR) is 36.8 cm³/mol. The molecule has 3 N–H and O–H groups in total. The van der Waals surface area contributed by atoms with Gasteiger partial charge in [-0.15, -0.1) is 0 Å². The quantitative estimate of drug-likeness (QED) is 0.555. The fraction of sp³-hybridized carbons (Fsp3) is 1.00. The van der Waals surface area contributed by atoms with Crippen LogP contribution in [0.5, 0.6) is 0 Å². The maximum atomic E-state index is 5.62. The minimum absolute atomic E-state index is 0.391. The van der Waals surface area contributed by atoms with E-state index < -0.39 is 0 Å². The van der Waals surface area contributed by atoms with E-state index in [4.69, 9.17) is 5.73 Å². The Balaban J connectivity index is 2.86. The Kier molecular flexibility index (Phi) is 5.01. The zero-order valence-electron chi connectivity index (χ0n) is 5.78. The Morgan fingerprint density at radius 3 is 2.62 bits per heavy atom. The summed E-state index contributed by atoms with van der Waals surface area (Å²) < 4.78 is 0. The highest BCUT2D eigenvalue weighted by molar-refractivity contribution is 4.58. The molecule has 0 saturated heterocycles. The first-order valence-electron chi connectivity index (χ1n) is 3.21. The lowest BCUT2D eigenvalue weighted by Crippen LogP contribution is -2.23. The number of nitrogens with two attached hydrogens (primary N) is 1. The molecule has 1 unspecified atom stereocenters. The van der Waals surface area contributed by atoms with Crippen molar-refractivity contribution in [2.24, 2.45) is 5.73 Å². The molecule has 1 atom stereocenters. The van der Waals surface area contributed by atoms with Gasteiger partial charge in [0.05, 0.1) is 0 Å². The SMILES string of the molecule is CCC(N)CCNC. The van der Waals surface area contributed by atoms with Gasteiger partial charge in [0.1, 0.15) is 0 Å². The molecular formula is C6H16N2. The summed E-state index contributed by atoms with van der Waals surface area (Å²) in [6.07, 6.45) is 2.18. The topological polar surface area (TPSA) is 38.0 Å². The molecule has 0 amide bonds. The zero-order valence-corrected chi connectivity index (χ0v) is 5.78. The molecule has 0 heterocycles. The monoisotopic (exact) mass is 116 g/mol. The fourth-order valence-electron chi connectivity index (χ4n) is 0.534. The molecule has 0 spiro atoms. The summed E-state index contributed by atoms with van der Waals surface area (Å²) in [4.78, 5) is 0. The van der Waals surface area contributed by atoms with E-state index in [9.17, 15) is 0 Å². The molecule has 2 heteroatoms. The van der Waals surface area contributed by atoms with Crippen molar-refractivity contribution in [3.8, 4) is 0 Å². The summed E-state index contributed by atoms with van der Waals surface area (Å²) in [7, 11) is 1.95. The average Bonchev–Trinajstić information content (AvgIpc) is 1.83. The molecule has 0 aromatic rings. The third-order valence-corrected chi connectivity index (χ3v) is 1.29. The number of hydrogen-bond donors (Lipinski definition) is 2. The Morgan fingerprint density at radius 1 is 1.62 bits per heavy atom. The van der Waals surface area contributed by atoms with Gasteiger partial charge in [0.2, 0.25) is 0 Å². The lowest BCUT2D eigenvalue weighted by atomic mass is 10.2. The van der Waals surface area contributed by atoms with Crippen LogP contribution in [-0.2, 0) is 0 Å². The van der Waals surface area contributed by atoms with Gasteiger partial charge in [0, 0.05) is 6.04 Å². The molecule has 0 aliphatic heterocycles. The molecule has 0 aliphatic carbocycles. The second-order valence-electron chi connectivity index (χ2n) is 2.06. The standard InChI is InChI=1S/C6H16N2/c1-3-6(7)4-5-8-2/h6,8H,3-5,7H2,1-2H3. The van der Waals surface area contributed by atoms with Crippen LogP contribution in [0.1, 0.15) is 19.8 Å². The summed E-state index contributed by atoms with van der Waals surface area (Å²) in [5.41, 5.74) is 5.62. The summed E-state index contributed by atoms with van der Waals surface area (Å²) >= 11 is 0. The molecule has 50 valence electrons. The summed E-state index contributed by atoms with van der Waals surface area (Å²) in [6, 6.07) is 0.391. The van der Waals surface area contributed by atoms with Crippen molar-refractivity contribution >= 4 is 0 Å². The van der Waals surface area contributed by atoms with Crippen molar-refractivity contribution in [3.63, 3.8) is 0 Å². The Labute approximate surface area is 51.5 Å². The lowest BCUT2D eigenvalue weighted by Gasteiger charge is -2.05. The van der Waals surface area contributed by atoms with E-state index in [0.717, 1.165) is 19.4 Å². The number of nitrogens with one attached hydrogen (secondary N) is 1. The maximum absolute atomic E-state index is 5.62. The van der Waals surface area contributed by atoms with Gasteiger partial charge >= 0.3 is 0 Å². The van der Waals surface area contributed by atoms with Gasteiger partial charge in [0.15, 0.2) is 0 Å². The third kappa shape index (κ3) is 4.09. The van der Waals surface area contributed by atoms with E-state index in [-0.39, 0.29) is 0 Å². The van der Waals surface area contributed by atoms with Crippen molar-refractivity contribution < 1.29 is 0 Å². The van der Waals surface area contributed by atoms with Crippen molar-refractivity contribution in [2.75, 3.05) is 13.6 Å². The van der Waals surface area contributed by atoms with E-state index in [0.29, 0.717) is 6.04 Å². The van der Waals surface area contributed by atoms with Gasteiger partial charge in [-0.25, -0.2) is 0 Å². The molecule has 0 saturated carbocycles. The van der Waals surface area contributed by atoms with E-state index >= 15 is 0 Å². The molecule has 0 aromatic carbocycles. The minimum Gasteiger partial charge on any atom is -0.328 e. The molecule has 0 rings (SSSR count). The highest BCUT2D eigenvalue weighted by atomic mass is 14.8. The third-order valence-electron chi connectivity index (χ3n) is 1.29. The zero-order chi connectivity index (χ0) is 6.41. The number of rotatable bonds is 4. The fourth-order valence-corrected chi connectivity index (χ4v) is 0.534. The Bertz CT molecular complexity index is 45.8. The second-order valence-corrected chi connectivity index (χ2v) is 2.06. The van der Waals surface area contributed by atoms with Gasteiger partial charge < -0.3 is 11.1 Å². The molecule has 8 heavy (non-hydrogen) atoms. The van der Waals surface area contributed by atoms with E-state index in [1.54, 1.807) is 0 Å². The highest BCUT2D eigenvalue weighted by Gasteiger charge is 1.94. The summed E-state index contributed by atoms with van der Waals surface area (Å²) in [5.74, 6) is 0. The first kappa shape index (κ1) is 7.92. The van der Waals surface area contributed by atoms with Gasteiger partial charge in [-0.2, -0.15) is 0 Å². The highest BCUT2D eigenvalue weighted by Crippen LogP contribution is 1.89. The molecule has 0 aromatic heterocycles. The normalized spacial score (nSPS) is 13.9. The molecular weight excluding hydrogens is 100 g/mol. The molecule has 2 nitrogen and oxygen atoms in total. The van der Waals surface area contributed by atoms with Gasteiger partial charge in [-0.05, 0) is 26.4 Å². The Morgan fingerprint density at radius 2 is 2.25 bits per heavy atom. The number of hydrogen-bond acceptors (Lipinski definition) is 2. The van der Waals surface area contributed by atoms with Crippen LogP contribution < -0.4 is 11.1 Å². The molecule has 0 aliphatic rings. The van der Waals surface area contributed by atoms with E-state index in [1.165, 1.54) is 0 Å². The largest absolute Gasteiger partial charge is 0.328 e.